The summed E-state index contributed by atoms with van der Waals surface area (Å²) in [6.07, 6.45) is 10.7. The number of aromatic hydroxyl groups is 2. The number of hydrogen-bond donors (Lipinski definition) is 13. The Kier molecular flexibility index (Phi) is 39.7. The normalized spacial score (nSPS) is 40.1. The second-order valence-electron chi connectivity index (χ2n) is 46.5. The van der Waals surface area contributed by atoms with Crippen LogP contribution in [0.3, 0.4) is 0 Å². The lowest BCUT2D eigenvalue weighted by atomic mass is 9.60. The second-order valence-corrected chi connectivity index (χ2v) is 46.5. The van der Waals surface area contributed by atoms with E-state index in [1.54, 1.807) is 113 Å². The van der Waals surface area contributed by atoms with Gasteiger partial charge in [0.1, 0.15) is 58.7 Å². The number of anilines is 1. The minimum atomic E-state index is -1.96. The summed E-state index contributed by atoms with van der Waals surface area (Å²) in [5.41, 5.74) is -1.78. The number of nitrogens with zero attached hydrogens (tertiary/aromatic N) is 5. The number of phenolic OH excluding ortho intramolecular Hbond substituents is 2. The number of nitrogens with one attached hydrogen (secondary N) is 1. The SMILES string of the molecule is C=C1/C(=C\C=C2/CCC[C@]3(C)[C@@H]([C@H](C)CCCC(C)(C)O)CC[C@@H]23)C[C@@H](O)C[C@@H]1O.CC[C@H]1OC(=O)[C@H](C)[C@@H](OC2CC(C)(OC)C(O)C(C)O2)[C@H](C)[C@@H](OC2OC(C)CC(N(C)C)C2O)[C@](C)(O)C[C@@H](C)CN(C)[C@H](C)[C@@H](O)[C@]1(C)O.CO[C@H]1/C=C/O[C@@]2(C)Oc3c(C)c(O)c4c(O)c(c5c(c4c3C2=O)=NC2(CCN(CC(C)C)CC2)N=5)NC(=O)/C(C)=C\C=C\[C@H](C)[C@H](O)[C@@H](C)[C@@H](O)[C@@H](C)[C@H](OC(C)=O)[C@@H]1C. The molecule has 7 fully saturated rings. The number of Topliss-reactive ketones (excluding diaryl/α,β-unsaturated/α-hetero) is 1. The molecule has 1 spiro atoms. The number of fused-ring (bicyclic) bond motifs is 2. The molecule has 8 unspecified atom stereocenters. The highest BCUT2D eigenvalue weighted by Crippen LogP contribution is 2.61. The Morgan fingerprint density at radius 2 is 1.45 bits per heavy atom. The maximum absolute atomic E-state index is 14.7. The van der Waals surface area contributed by atoms with Gasteiger partial charge in [-0.15, -0.1) is 0 Å². The Balaban J connectivity index is 0.000000232. The molecule has 0 radical (unpaired) electrons. The third kappa shape index (κ3) is 26.6. The van der Waals surface area contributed by atoms with Crippen LogP contribution < -0.4 is 20.8 Å². The number of benzene rings is 2. The van der Waals surface area contributed by atoms with Crippen LogP contribution in [0, 0.1) is 77.4 Å². The highest BCUT2D eigenvalue weighted by atomic mass is 16.7. The quantitative estimate of drug-likeness (QED) is 0.0517. The van der Waals surface area contributed by atoms with Crippen LogP contribution in [0.25, 0.3) is 10.8 Å². The van der Waals surface area contributed by atoms with Gasteiger partial charge < -0.3 is 129 Å². The third-order valence-corrected chi connectivity index (χ3v) is 33.5. The molecule has 4 bridgehead atoms. The maximum Gasteiger partial charge on any atom is 0.312 e. The average Bonchev–Trinajstić information content (AvgIpc) is 1.54. The fourth-order valence-corrected chi connectivity index (χ4v) is 24.7. The van der Waals surface area contributed by atoms with E-state index >= 15 is 0 Å². The molecule has 13 N–H and O–H groups in total. The molecule has 808 valence electrons. The predicted octanol–water partition coefficient (Wildman–Crippen LogP) is 12.4. The standard InChI is InChI=1S/C46H62N4O11.C38H72N2O12.C27H44O3/c1-22(2)21-50-18-16-46(17-19-50)48-34-31-32-39(54)28(8)42-33(31)43(56)45(10,61-42)59-20-15-30(58-11)25(5)41(60-29(9)51)27(7)38(53)26(6)37(52)23(3)13-12-14-24(4)44(57)47-36(40(32)55)35(34)49-46;1-15-27-38(10,46)31(42)24(6)40(13)19-20(2)17-36(8,45)33(52-35-29(41)26(39(11)12)16-21(3)48-35)22(4)30(23(5)34(44)50-27)51-28-18-37(9,47-14)32(43)25(7)49-28;1-18(8-6-14-26(3,4)30)23-12-13-24-20(9-7-15-27(23,24)5)10-11-21-16-22(28)17-25(29)19(21)2/h12-15,20,22-23,25-27,30,37-38,41,52-55H,16-19,21H2,1-11H3,(H,47,57);20-33,35,41-43,45-46H,15-19H2,1-14H3;10-11,18,22-25,28-30H,2,6-9,12-17H2,1,3-5H3/b13-12+,20-15+,24-14-;;20-10+,21-11-/t23-,25+,26+,27+,30-,37-,38+,41+,45-;20-,21?,22+,23-,24-,25?,26?,27-,28?,29?,30+,31-,32?,33-,35?,36-,37?,38-;18-,22-,23-,24+,25+,27-/m011/s1. The molecule has 3 saturated carbocycles. The largest absolute Gasteiger partial charge is 0.507 e. The van der Waals surface area contributed by atoms with Crippen molar-refractivity contribution in [2.24, 2.45) is 80.5 Å². The molecule has 10 aliphatic rings. The summed E-state index contributed by atoms with van der Waals surface area (Å²) in [5.74, 6) is -6.92. The zero-order chi connectivity index (χ0) is 107. The van der Waals surface area contributed by atoms with Gasteiger partial charge in [-0.05, 0) is 214 Å². The number of allylic oxidation sites excluding steroid dienone is 5. The van der Waals surface area contributed by atoms with E-state index in [-0.39, 0.29) is 92.7 Å². The summed E-state index contributed by atoms with van der Waals surface area (Å²) >= 11 is 0. The number of amides is 1. The lowest BCUT2D eigenvalue weighted by molar-refractivity contribution is -0.318. The van der Waals surface area contributed by atoms with Gasteiger partial charge in [0.25, 0.3) is 11.7 Å². The number of likely N-dealkylation sites (N-methyl/N-ethyl adjacent to an activating group) is 2. The molecule has 7 aliphatic heterocycles. The van der Waals surface area contributed by atoms with Gasteiger partial charge in [0, 0.05) is 138 Å². The van der Waals surface area contributed by atoms with Crippen molar-refractivity contribution < 1.29 is 128 Å². The van der Waals surface area contributed by atoms with E-state index in [0.29, 0.717) is 74.9 Å². The van der Waals surface area contributed by atoms with Gasteiger partial charge in [0.2, 0.25) is 0 Å². The van der Waals surface area contributed by atoms with Crippen LogP contribution in [0.2, 0.25) is 0 Å². The van der Waals surface area contributed by atoms with Gasteiger partial charge in [-0.1, -0.05) is 132 Å². The van der Waals surface area contributed by atoms with Crippen molar-refractivity contribution in [2.45, 2.75) is 413 Å². The smallest absolute Gasteiger partial charge is 0.312 e. The number of carbonyl (C=O) groups is 4. The highest BCUT2D eigenvalue weighted by Gasteiger charge is 2.57. The molecular formula is C111H178N6O26. The monoisotopic (exact) mass is 2010 g/mol. The summed E-state index contributed by atoms with van der Waals surface area (Å²) in [4.78, 5) is 71.7. The van der Waals surface area contributed by atoms with E-state index in [0.717, 1.165) is 36.5 Å². The third-order valence-electron chi connectivity index (χ3n) is 33.5. The zero-order valence-corrected chi connectivity index (χ0v) is 91.0. The molecule has 33 atom stereocenters. The Bertz CT molecular complexity index is 5020. The van der Waals surface area contributed by atoms with Crippen molar-refractivity contribution in [1.82, 2.24) is 14.7 Å². The number of rotatable bonds is 17. The molecule has 143 heavy (non-hydrogen) atoms. The molecule has 3 aliphatic carbocycles. The van der Waals surface area contributed by atoms with E-state index < -0.39 is 197 Å². The van der Waals surface area contributed by atoms with Crippen molar-refractivity contribution in [3.8, 4) is 17.2 Å². The maximum atomic E-state index is 14.7. The number of piperidine rings is 1. The summed E-state index contributed by atoms with van der Waals surface area (Å²) in [6.45, 7) is 50.4. The second kappa shape index (κ2) is 48.1. The summed E-state index contributed by atoms with van der Waals surface area (Å²) in [6, 6.07) is -0.808. The Hall–Kier alpha value is -6.74. The Labute approximate surface area is 849 Å². The first-order valence-corrected chi connectivity index (χ1v) is 52.5. The summed E-state index contributed by atoms with van der Waals surface area (Å²) in [7, 11) is 8.59. The van der Waals surface area contributed by atoms with Gasteiger partial charge in [-0.25, -0.2) is 0 Å². The van der Waals surface area contributed by atoms with Crippen LogP contribution in [0.4, 0.5) is 5.69 Å². The molecule has 12 rings (SSSR count). The minimum absolute atomic E-state index is 0.0364. The number of methoxy groups -OCH3 is 2. The predicted molar refractivity (Wildman–Crippen MR) is 546 cm³/mol. The van der Waals surface area contributed by atoms with Crippen molar-refractivity contribution >= 4 is 40.1 Å². The van der Waals surface area contributed by atoms with Crippen molar-refractivity contribution in [3.63, 3.8) is 0 Å². The number of carbonyl (C=O) groups excluding carboxylic acids is 4. The summed E-state index contributed by atoms with van der Waals surface area (Å²) in [5, 5.41) is 139. The zero-order valence-electron chi connectivity index (χ0n) is 91.0. The highest BCUT2D eigenvalue weighted by molar-refractivity contribution is 6.19. The number of aliphatic hydroxyl groups is 10. The molecule has 1 amide bonds. The topological polar surface area (TPSA) is 450 Å². The number of likely N-dealkylation sites (tertiary alicyclic amines) is 1. The first-order valence-electron chi connectivity index (χ1n) is 52.5. The molecule has 2 aromatic carbocycles. The average molecular weight is 2010 g/mol. The molecule has 32 heteroatoms. The summed E-state index contributed by atoms with van der Waals surface area (Å²) < 4.78 is 61.5. The molecule has 4 saturated heterocycles. The van der Waals surface area contributed by atoms with Crippen LogP contribution >= 0.6 is 0 Å². The van der Waals surface area contributed by atoms with E-state index in [9.17, 15) is 80.5 Å². The van der Waals surface area contributed by atoms with Crippen molar-refractivity contribution in [3.05, 3.63) is 93.4 Å². The number of hydrogen-bond acceptors (Lipinski definition) is 31. The number of cyclic esters (lactones) is 1. The Morgan fingerprint density at radius 1 is 0.790 bits per heavy atom. The lowest BCUT2D eigenvalue weighted by Gasteiger charge is -2.48. The van der Waals surface area contributed by atoms with E-state index in [1.165, 1.54) is 79.8 Å². The van der Waals surface area contributed by atoms with E-state index in [2.05, 4.69) is 56.6 Å². The number of ketones is 1. The molecule has 32 nitrogen and oxygen atoms in total. The van der Waals surface area contributed by atoms with Crippen LogP contribution in [0.5, 0.6) is 17.2 Å². The molecular weight excluding hydrogens is 1830 g/mol. The first-order chi connectivity index (χ1) is 66.6. The van der Waals surface area contributed by atoms with Gasteiger partial charge >= 0.3 is 17.7 Å². The first kappa shape index (κ1) is 118. The van der Waals surface area contributed by atoms with Crippen LogP contribution in [0.15, 0.2) is 81.6 Å². The van der Waals surface area contributed by atoms with Crippen LogP contribution in [0.1, 0.15) is 278 Å². The molecule has 2 aromatic rings. The number of aliphatic hydroxyl groups excluding tert-OH is 7. The van der Waals surface area contributed by atoms with E-state index in [4.69, 9.17) is 57.4 Å². The number of ether oxygens (including phenoxy) is 10. The molecule has 0 aromatic heterocycles. The van der Waals surface area contributed by atoms with Crippen LogP contribution in [-0.4, -0.2) is 305 Å². The van der Waals surface area contributed by atoms with Gasteiger partial charge in [0.05, 0.1) is 100 Å². The Morgan fingerprint density at radius 3 is 2.06 bits per heavy atom. The van der Waals surface area contributed by atoms with Crippen molar-refractivity contribution in [2.75, 3.05) is 66.9 Å². The van der Waals surface area contributed by atoms with Gasteiger partial charge in [-0.3, -0.25) is 29.2 Å². The lowest BCUT2D eigenvalue weighted by Crippen LogP contribution is -2.60. The molecule has 7 heterocycles. The van der Waals surface area contributed by atoms with Gasteiger partial charge in [-0.2, -0.15) is 0 Å². The fourth-order valence-electron chi connectivity index (χ4n) is 24.7. The van der Waals surface area contributed by atoms with Crippen LogP contribution in [-0.2, 0) is 57.0 Å². The minimum Gasteiger partial charge on any atom is -0.507 e. The van der Waals surface area contributed by atoms with Crippen molar-refractivity contribution in [1.29, 1.82) is 0 Å². The van der Waals surface area contributed by atoms with Gasteiger partial charge in [0.15, 0.2) is 24.0 Å². The number of esters is 2. The number of phenols is 2. The van der Waals surface area contributed by atoms with E-state index in [1.807, 2.05) is 65.6 Å². The fraction of sp³-hybridized carbons (Fsp3) is 0.766.